The van der Waals surface area contributed by atoms with E-state index in [2.05, 4.69) is 4.98 Å². The molecule has 0 saturated heterocycles. The van der Waals surface area contributed by atoms with Crippen LogP contribution in [0.25, 0.3) is 10.2 Å². The van der Waals surface area contributed by atoms with Gasteiger partial charge in [0.15, 0.2) is 5.82 Å². The summed E-state index contributed by atoms with van der Waals surface area (Å²) in [6.45, 7) is 5.84. The van der Waals surface area contributed by atoms with Gasteiger partial charge in [0.05, 0.1) is 14.7 Å². The third-order valence-corrected chi connectivity index (χ3v) is 3.17. The first-order chi connectivity index (χ1) is 7.09. The van der Waals surface area contributed by atoms with Gasteiger partial charge in [0, 0.05) is 0 Å². The summed E-state index contributed by atoms with van der Waals surface area (Å²) in [5, 5.41) is 0.895. The van der Waals surface area contributed by atoms with Crippen LogP contribution in [0.1, 0.15) is 18.9 Å². The van der Waals surface area contributed by atoms with Crippen molar-refractivity contribution in [3.63, 3.8) is 0 Å². The highest BCUT2D eigenvalue weighted by Gasteiger charge is 2.13. The first kappa shape index (κ1) is 12.7. The Morgan fingerprint density at radius 3 is 2.53 bits per heavy atom. The van der Waals surface area contributed by atoms with Crippen molar-refractivity contribution in [3.8, 4) is 0 Å². The van der Waals surface area contributed by atoms with Crippen molar-refractivity contribution in [1.82, 2.24) is 4.98 Å². The first-order valence-electron chi connectivity index (χ1n) is 4.50. The summed E-state index contributed by atoms with van der Waals surface area (Å²) in [5.41, 5.74) is 0.492. The minimum Gasteiger partial charge on any atom is -0.240 e. The Morgan fingerprint density at radius 1 is 1.33 bits per heavy atom. The highest BCUT2D eigenvalue weighted by atomic mass is 35.5. The number of hydrogen-bond donors (Lipinski definition) is 0. The second-order valence-corrected chi connectivity index (χ2v) is 4.59. The van der Waals surface area contributed by atoms with Crippen LogP contribution >= 0.6 is 34.5 Å². The standard InChI is InChI=1S/C8H4Cl2FNS.C2H6/c1-3-12-8-5(13-3)2-4(9)7(11)6(8)10;1-2/h2H,1H3;1-2H3. The predicted octanol–water partition coefficient (Wildman–Crippen LogP) is 5.08. The number of thiazole rings is 1. The molecule has 0 radical (unpaired) electrons. The van der Waals surface area contributed by atoms with Gasteiger partial charge in [-0.25, -0.2) is 9.37 Å². The van der Waals surface area contributed by atoms with Gasteiger partial charge < -0.3 is 0 Å². The Hall–Kier alpha value is -0.380. The van der Waals surface area contributed by atoms with E-state index in [1.165, 1.54) is 11.3 Å². The number of aryl methyl sites for hydroxylation is 1. The molecular weight excluding hydrogens is 256 g/mol. The number of aromatic nitrogens is 1. The zero-order valence-electron chi connectivity index (χ0n) is 8.57. The van der Waals surface area contributed by atoms with Gasteiger partial charge in [0.25, 0.3) is 0 Å². The first-order valence-corrected chi connectivity index (χ1v) is 6.07. The van der Waals surface area contributed by atoms with Crippen LogP contribution in [0.4, 0.5) is 4.39 Å². The highest BCUT2D eigenvalue weighted by Crippen LogP contribution is 2.34. The van der Waals surface area contributed by atoms with Crippen LogP contribution in [0.2, 0.25) is 10.0 Å². The zero-order valence-corrected chi connectivity index (χ0v) is 10.9. The molecular formula is C10H10Cl2FNS. The third kappa shape index (κ3) is 2.41. The normalized spacial score (nSPS) is 10.0. The lowest BCUT2D eigenvalue weighted by molar-refractivity contribution is 0.630. The Bertz CT molecular complexity index is 482. The van der Waals surface area contributed by atoms with Gasteiger partial charge in [0.2, 0.25) is 0 Å². The topological polar surface area (TPSA) is 12.9 Å². The molecule has 0 bridgehead atoms. The molecule has 0 unspecified atom stereocenters. The van der Waals surface area contributed by atoms with E-state index in [9.17, 15) is 4.39 Å². The molecule has 2 rings (SSSR count). The largest absolute Gasteiger partial charge is 0.240 e. The number of halogens is 3. The molecule has 0 spiro atoms. The van der Waals surface area contributed by atoms with Crippen molar-refractivity contribution in [3.05, 3.63) is 26.9 Å². The lowest BCUT2D eigenvalue weighted by Crippen LogP contribution is -1.80. The van der Waals surface area contributed by atoms with Crippen LogP contribution in [0.5, 0.6) is 0 Å². The van der Waals surface area contributed by atoms with Crippen LogP contribution in [0, 0.1) is 12.7 Å². The number of fused-ring (bicyclic) bond motifs is 1. The fourth-order valence-electron chi connectivity index (χ4n) is 1.09. The average molecular weight is 266 g/mol. The van der Waals surface area contributed by atoms with Crippen molar-refractivity contribution >= 4 is 44.8 Å². The van der Waals surface area contributed by atoms with Gasteiger partial charge in [-0.1, -0.05) is 37.0 Å². The molecule has 0 fully saturated rings. The van der Waals surface area contributed by atoms with Crippen molar-refractivity contribution in [1.29, 1.82) is 0 Å². The summed E-state index contributed by atoms with van der Waals surface area (Å²) >= 11 is 12.8. The maximum Gasteiger partial charge on any atom is 0.162 e. The Morgan fingerprint density at radius 2 is 1.93 bits per heavy atom. The summed E-state index contributed by atoms with van der Waals surface area (Å²) in [6.07, 6.45) is 0. The van der Waals surface area contributed by atoms with E-state index in [0.29, 0.717) is 5.52 Å². The van der Waals surface area contributed by atoms with Crippen LogP contribution < -0.4 is 0 Å². The summed E-state index contributed by atoms with van der Waals surface area (Å²) in [4.78, 5) is 4.10. The minimum absolute atomic E-state index is 0.00634. The molecule has 0 saturated carbocycles. The fraction of sp³-hybridized carbons (Fsp3) is 0.300. The van der Waals surface area contributed by atoms with Crippen molar-refractivity contribution in [2.75, 3.05) is 0 Å². The Balaban J connectivity index is 0.000000531. The SMILES string of the molecule is CC.Cc1nc2c(Cl)c(F)c(Cl)cc2s1. The van der Waals surface area contributed by atoms with Crippen LogP contribution in [0.15, 0.2) is 6.07 Å². The predicted molar refractivity (Wildman–Crippen MR) is 65.7 cm³/mol. The van der Waals surface area contributed by atoms with Gasteiger partial charge in [0.1, 0.15) is 10.5 Å². The van der Waals surface area contributed by atoms with Crippen molar-refractivity contribution < 1.29 is 4.39 Å². The van der Waals surface area contributed by atoms with Crippen molar-refractivity contribution in [2.24, 2.45) is 0 Å². The van der Waals surface area contributed by atoms with Gasteiger partial charge >= 0.3 is 0 Å². The molecule has 2 aromatic rings. The van der Waals surface area contributed by atoms with Crippen LogP contribution in [-0.4, -0.2) is 4.98 Å². The lowest BCUT2D eigenvalue weighted by atomic mass is 10.3. The molecule has 1 aromatic heterocycles. The monoisotopic (exact) mass is 265 g/mol. The highest BCUT2D eigenvalue weighted by molar-refractivity contribution is 7.18. The van der Waals surface area contributed by atoms with E-state index in [1.807, 2.05) is 20.8 Å². The third-order valence-electron chi connectivity index (χ3n) is 1.63. The van der Waals surface area contributed by atoms with Gasteiger partial charge in [-0.15, -0.1) is 11.3 Å². The second-order valence-electron chi connectivity index (χ2n) is 2.57. The number of hydrogen-bond acceptors (Lipinski definition) is 2. The van der Waals surface area contributed by atoms with E-state index in [-0.39, 0.29) is 10.0 Å². The molecule has 15 heavy (non-hydrogen) atoms. The molecule has 0 aliphatic rings. The molecule has 0 atom stereocenters. The maximum absolute atomic E-state index is 13.2. The molecule has 1 nitrogen and oxygen atoms in total. The summed E-state index contributed by atoms with van der Waals surface area (Å²) in [5.74, 6) is -0.596. The Kier molecular flexibility index (Phi) is 4.32. The van der Waals surface area contributed by atoms with Crippen LogP contribution in [0.3, 0.4) is 0 Å². The lowest BCUT2D eigenvalue weighted by Gasteiger charge is -1.96. The van der Waals surface area contributed by atoms with E-state index < -0.39 is 5.82 Å². The molecule has 5 heteroatoms. The zero-order chi connectivity index (χ0) is 11.6. The summed E-state index contributed by atoms with van der Waals surface area (Å²) < 4.78 is 14.0. The molecule has 0 N–H and O–H groups in total. The van der Waals surface area contributed by atoms with Gasteiger partial charge in [-0.05, 0) is 13.0 Å². The van der Waals surface area contributed by atoms with E-state index in [1.54, 1.807) is 6.07 Å². The van der Waals surface area contributed by atoms with Gasteiger partial charge in [-0.3, -0.25) is 0 Å². The minimum atomic E-state index is -0.596. The fourth-order valence-corrected chi connectivity index (χ4v) is 2.58. The van der Waals surface area contributed by atoms with E-state index >= 15 is 0 Å². The summed E-state index contributed by atoms with van der Waals surface area (Å²) in [7, 11) is 0. The second kappa shape index (κ2) is 5.10. The van der Waals surface area contributed by atoms with Crippen LogP contribution in [-0.2, 0) is 0 Å². The molecule has 0 amide bonds. The van der Waals surface area contributed by atoms with Gasteiger partial charge in [-0.2, -0.15) is 0 Å². The maximum atomic E-state index is 13.2. The number of rotatable bonds is 0. The van der Waals surface area contributed by atoms with E-state index in [0.717, 1.165) is 9.71 Å². The number of nitrogens with zero attached hydrogens (tertiary/aromatic N) is 1. The van der Waals surface area contributed by atoms with Crippen molar-refractivity contribution in [2.45, 2.75) is 20.8 Å². The molecule has 1 heterocycles. The average Bonchev–Trinajstić information content (AvgIpc) is 2.59. The summed E-state index contributed by atoms with van der Waals surface area (Å²) in [6, 6.07) is 1.54. The molecule has 82 valence electrons. The van der Waals surface area contributed by atoms with E-state index in [4.69, 9.17) is 23.2 Å². The smallest absolute Gasteiger partial charge is 0.162 e. The molecule has 1 aromatic carbocycles. The molecule has 0 aliphatic carbocycles. The Labute approximate surface area is 102 Å². The molecule has 0 aliphatic heterocycles. The number of benzene rings is 1. The quantitative estimate of drug-likeness (QED) is 0.606.